The third-order valence-electron chi connectivity index (χ3n) is 3.27. The highest BCUT2D eigenvalue weighted by molar-refractivity contribution is 5.78. The van der Waals surface area contributed by atoms with Gasteiger partial charge >= 0.3 is 11.9 Å². The number of aliphatic carboxylic acids is 1. The number of hydrogen-bond acceptors (Lipinski definition) is 1. The normalized spacial score (nSPS) is 40.3. The molecule has 2 bridgehead atoms. The Labute approximate surface area is 86.7 Å². The van der Waals surface area contributed by atoms with Gasteiger partial charge in [-0.15, -0.1) is 0 Å². The van der Waals surface area contributed by atoms with Gasteiger partial charge < -0.3 is 5.11 Å². The molecule has 1 fully saturated rings. The molecular formula is C9H7F5O2. The minimum atomic E-state index is -5.10. The van der Waals surface area contributed by atoms with Crippen molar-refractivity contribution in [1.82, 2.24) is 0 Å². The lowest BCUT2D eigenvalue weighted by molar-refractivity contribution is -0.253. The molecule has 7 heteroatoms. The molecule has 90 valence electrons. The van der Waals surface area contributed by atoms with Crippen molar-refractivity contribution in [2.75, 3.05) is 0 Å². The maximum Gasteiger partial charge on any atom is 0.382 e. The Hall–Kier alpha value is -1.14. The van der Waals surface area contributed by atoms with Crippen LogP contribution < -0.4 is 0 Å². The Bertz CT molecular complexity index is 378. The molecule has 0 saturated heterocycles. The number of carboxylic acids is 1. The number of rotatable bonds is 2. The van der Waals surface area contributed by atoms with Crippen LogP contribution in [0.15, 0.2) is 12.2 Å². The molecule has 0 aliphatic heterocycles. The zero-order chi connectivity index (χ0) is 12.4. The first-order chi connectivity index (χ1) is 7.15. The number of carbonyl (C=O) groups is 1. The Kier molecular flexibility index (Phi) is 1.95. The Balaban J connectivity index is 2.54. The summed E-state index contributed by atoms with van der Waals surface area (Å²) in [6, 6.07) is 0. The van der Waals surface area contributed by atoms with Gasteiger partial charge in [0, 0.05) is 11.8 Å². The van der Waals surface area contributed by atoms with Gasteiger partial charge in [-0.1, -0.05) is 12.2 Å². The number of alkyl halides is 5. The van der Waals surface area contributed by atoms with Crippen molar-refractivity contribution >= 4 is 5.97 Å². The first-order valence-corrected chi connectivity index (χ1v) is 4.52. The van der Waals surface area contributed by atoms with Crippen molar-refractivity contribution in [2.24, 2.45) is 11.8 Å². The second-order valence-corrected chi connectivity index (χ2v) is 4.05. The van der Waals surface area contributed by atoms with Crippen LogP contribution in [0.1, 0.15) is 6.42 Å². The fourth-order valence-corrected chi connectivity index (χ4v) is 2.38. The van der Waals surface area contributed by atoms with Crippen LogP contribution in [0, 0.1) is 11.8 Å². The van der Waals surface area contributed by atoms with Crippen LogP contribution in [-0.2, 0) is 4.79 Å². The lowest BCUT2D eigenvalue weighted by atomic mass is 9.81. The fourth-order valence-electron chi connectivity index (χ4n) is 2.38. The standard InChI is InChI=1S/C9H7F5O2/c10-7(9(13,14)6(15)16)4-1-2-5(3-4)8(7,11)12/h1-2,4-5H,3H2,(H,15,16). The molecular weight excluding hydrogens is 235 g/mol. The predicted octanol–water partition coefficient (Wildman–Crippen LogP) is 2.26. The van der Waals surface area contributed by atoms with Gasteiger partial charge in [-0.25, -0.2) is 18.0 Å². The molecule has 2 aliphatic carbocycles. The number of fused-ring (bicyclic) bond motifs is 2. The number of halogens is 5. The summed E-state index contributed by atoms with van der Waals surface area (Å²) in [5.74, 6) is -15.7. The summed E-state index contributed by atoms with van der Waals surface area (Å²) in [5, 5.41) is 8.18. The highest BCUT2D eigenvalue weighted by atomic mass is 19.3. The molecule has 0 aromatic carbocycles. The minimum Gasteiger partial charge on any atom is -0.477 e. The largest absolute Gasteiger partial charge is 0.477 e. The second-order valence-electron chi connectivity index (χ2n) is 4.05. The van der Waals surface area contributed by atoms with Crippen molar-refractivity contribution in [2.45, 2.75) is 23.9 Å². The van der Waals surface area contributed by atoms with E-state index in [2.05, 4.69) is 0 Å². The molecule has 16 heavy (non-hydrogen) atoms. The molecule has 0 aromatic rings. The predicted molar refractivity (Wildman–Crippen MR) is 42.1 cm³/mol. The van der Waals surface area contributed by atoms with Gasteiger partial charge in [0.05, 0.1) is 0 Å². The molecule has 2 aliphatic rings. The number of hydrogen-bond donors (Lipinski definition) is 1. The summed E-state index contributed by atoms with van der Waals surface area (Å²) in [4.78, 5) is 10.2. The zero-order valence-electron chi connectivity index (χ0n) is 7.76. The average Bonchev–Trinajstić information content (AvgIpc) is 2.69. The smallest absolute Gasteiger partial charge is 0.382 e. The fraction of sp³-hybridized carbons (Fsp3) is 0.667. The van der Waals surface area contributed by atoms with E-state index < -0.39 is 41.7 Å². The van der Waals surface area contributed by atoms with Crippen molar-refractivity contribution in [1.29, 1.82) is 0 Å². The Morgan fingerprint density at radius 1 is 1.25 bits per heavy atom. The van der Waals surface area contributed by atoms with Gasteiger partial charge in [0.2, 0.25) is 0 Å². The monoisotopic (exact) mass is 242 g/mol. The van der Waals surface area contributed by atoms with E-state index in [1.54, 1.807) is 0 Å². The van der Waals surface area contributed by atoms with Gasteiger partial charge in [-0.3, -0.25) is 0 Å². The molecule has 2 rings (SSSR count). The van der Waals surface area contributed by atoms with Crippen LogP contribution >= 0.6 is 0 Å². The summed E-state index contributed by atoms with van der Waals surface area (Å²) in [6.45, 7) is 0. The third-order valence-corrected chi connectivity index (χ3v) is 3.27. The van der Waals surface area contributed by atoms with Crippen molar-refractivity contribution in [3.05, 3.63) is 12.2 Å². The van der Waals surface area contributed by atoms with Gasteiger partial charge in [0.15, 0.2) is 0 Å². The lowest BCUT2D eigenvalue weighted by Crippen LogP contribution is -2.62. The van der Waals surface area contributed by atoms with E-state index in [-0.39, 0.29) is 0 Å². The number of allylic oxidation sites excluding steroid dienone is 2. The van der Waals surface area contributed by atoms with Gasteiger partial charge in [0.1, 0.15) is 0 Å². The van der Waals surface area contributed by atoms with E-state index in [4.69, 9.17) is 5.11 Å². The lowest BCUT2D eigenvalue weighted by Gasteiger charge is -2.37. The highest BCUT2D eigenvalue weighted by Gasteiger charge is 2.82. The molecule has 2 nitrogen and oxygen atoms in total. The van der Waals surface area contributed by atoms with Gasteiger partial charge in [-0.2, -0.15) is 8.78 Å². The first kappa shape index (κ1) is 11.3. The third kappa shape index (κ3) is 0.940. The van der Waals surface area contributed by atoms with Crippen LogP contribution in [0.4, 0.5) is 22.0 Å². The van der Waals surface area contributed by atoms with Crippen LogP contribution in [0.5, 0.6) is 0 Å². The summed E-state index contributed by atoms with van der Waals surface area (Å²) in [7, 11) is 0. The molecule has 1 N–H and O–H groups in total. The molecule has 0 amide bonds. The summed E-state index contributed by atoms with van der Waals surface area (Å²) in [5.41, 5.74) is -4.33. The van der Waals surface area contributed by atoms with Crippen LogP contribution in [0.2, 0.25) is 0 Å². The average molecular weight is 242 g/mol. The SMILES string of the molecule is O=C(O)C(F)(F)C1(F)C2C=CC(C2)C1(F)F. The van der Waals surface area contributed by atoms with E-state index in [1.807, 2.05) is 0 Å². The summed E-state index contributed by atoms with van der Waals surface area (Å²) >= 11 is 0. The molecule has 0 aromatic heterocycles. The quantitative estimate of drug-likeness (QED) is 0.595. The topological polar surface area (TPSA) is 37.3 Å². The maximum atomic E-state index is 13.9. The summed E-state index contributed by atoms with van der Waals surface area (Å²) in [6.07, 6.45) is 1.38. The van der Waals surface area contributed by atoms with E-state index in [1.165, 1.54) is 0 Å². The van der Waals surface area contributed by atoms with E-state index in [9.17, 15) is 26.7 Å². The zero-order valence-corrected chi connectivity index (χ0v) is 7.76. The molecule has 3 unspecified atom stereocenters. The minimum absolute atomic E-state index is 0.480. The molecule has 0 spiro atoms. The molecule has 3 atom stereocenters. The molecule has 1 saturated carbocycles. The molecule has 0 radical (unpaired) electrons. The van der Waals surface area contributed by atoms with Crippen LogP contribution in [0.25, 0.3) is 0 Å². The van der Waals surface area contributed by atoms with Crippen LogP contribution in [-0.4, -0.2) is 28.6 Å². The van der Waals surface area contributed by atoms with Gasteiger partial charge in [0.25, 0.3) is 11.6 Å². The Morgan fingerprint density at radius 3 is 2.12 bits per heavy atom. The van der Waals surface area contributed by atoms with Crippen LogP contribution in [0.3, 0.4) is 0 Å². The Morgan fingerprint density at radius 2 is 1.75 bits per heavy atom. The van der Waals surface area contributed by atoms with Crippen molar-refractivity contribution < 1.29 is 31.9 Å². The highest BCUT2D eigenvalue weighted by Crippen LogP contribution is 2.63. The van der Waals surface area contributed by atoms with E-state index in [0.717, 1.165) is 12.2 Å². The van der Waals surface area contributed by atoms with Gasteiger partial charge in [-0.05, 0) is 6.42 Å². The van der Waals surface area contributed by atoms with Crippen molar-refractivity contribution in [3.63, 3.8) is 0 Å². The summed E-state index contributed by atoms with van der Waals surface area (Å²) < 4.78 is 66.8. The van der Waals surface area contributed by atoms with Crippen molar-refractivity contribution in [3.8, 4) is 0 Å². The number of carboxylic acid groups (broad SMARTS) is 1. The maximum absolute atomic E-state index is 13.9. The van der Waals surface area contributed by atoms with E-state index in [0.29, 0.717) is 0 Å². The molecule has 0 heterocycles. The van der Waals surface area contributed by atoms with E-state index >= 15 is 0 Å². The second kappa shape index (κ2) is 2.75. The first-order valence-electron chi connectivity index (χ1n) is 4.52.